The van der Waals surface area contributed by atoms with Gasteiger partial charge in [-0.05, 0) is 35.9 Å². The van der Waals surface area contributed by atoms with Crippen molar-refractivity contribution >= 4 is 28.3 Å². The first-order valence-corrected chi connectivity index (χ1v) is 6.53. The molecule has 0 bridgehead atoms. The molecule has 19 heavy (non-hydrogen) atoms. The molecule has 0 amide bonds. The second-order valence-electron chi connectivity index (χ2n) is 4.37. The van der Waals surface area contributed by atoms with Crippen molar-refractivity contribution in [3.63, 3.8) is 0 Å². The fourth-order valence-electron chi connectivity index (χ4n) is 1.96. The van der Waals surface area contributed by atoms with Crippen molar-refractivity contribution in [3.8, 4) is 0 Å². The van der Waals surface area contributed by atoms with Gasteiger partial charge in [0.2, 0.25) is 0 Å². The van der Waals surface area contributed by atoms with Crippen LogP contribution in [0, 0.1) is 0 Å². The van der Waals surface area contributed by atoms with Crippen LogP contribution in [-0.4, -0.2) is 4.98 Å². The number of hydrogen-bond donors (Lipinski definition) is 1. The maximum absolute atomic E-state index is 5.86. The van der Waals surface area contributed by atoms with Gasteiger partial charge in [0, 0.05) is 17.0 Å². The van der Waals surface area contributed by atoms with Crippen LogP contribution in [0.2, 0.25) is 5.02 Å². The molecule has 0 aliphatic carbocycles. The van der Waals surface area contributed by atoms with Gasteiger partial charge in [-0.3, -0.25) is 0 Å². The highest BCUT2D eigenvalue weighted by atomic mass is 35.5. The standard InChI is InChI=1S/C16H13ClN2/c17-14-8-5-12(6-9-14)11-18-16-10-7-13-3-1-2-4-15(13)19-16/h1-10H,11H2,(H,18,19). The lowest BCUT2D eigenvalue weighted by atomic mass is 10.2. The van der Waals surface area contributed by atoms with E-state index in [0.717, 1.165) is 28.3 Å². The van der Waals surface area contributed by atoms with Crippen LogP contribution < -0.4 is 5.32 Å². The molecule has 1 aromatic heterocycles. The quantitative estimate of drug-likeness (QED) is 0.756. The van der Waals surface area contributed by atoms with Crippen LogP contribution in [0.3, 0.4) is 0 Å². The highest BCUT2D eigenvalue weighted by Crippen LogP contribution is 2.16. The molecule has 0 atom stereocenters. The van der Waals surface area contributed by atoms with Gasteiger partial charge in [0.05, 0.1) is 5.52 Å². The SMILES string of the molecule is Clc1ccc(CNc2ccc3ccccc3n2)cc1. The molecule has 0 fully saturated rings. The average Bonchev–Trinajstić information content (AvgIpc) is 2.46. The summed E-state index contributed by atoms with van der Waals surface area (Å²) < 4.78 is 0. The van der Waals surface area contributed by atoms with Crippen LogP contribution in [0.15, 0.2) is 60.7 Å². The summed E-state index contributed by atoms with van der Waals surface area (Å²) in [5.41, 5.74) is 2.18. The number of nitrogens with zero attached hydrogens (tertiary/aromatic N) is 1. The highest BCUT2D eigenvalue weighted by Gasteiger charge is 1.98. The summed E-state index contributed by atoms with van der Waals surface area (Å²) in [5, 5.41) is 5.23. The number of nitrogens with one attached hydrogen (secondary N) is 1. The minimum Gasteiger partial charge on any atom is -0.366 e. The lowest BCUT2D eigenvalue weighted by molar-refractivity contribution is 1.12. The van der Waals surface area contributed by atoms with E-state index in [4.69, 9.17) is 11.6 Å². The first-order valence-electron chi connectivity index (χ1n) is 6.15. The summed E-state index contributed by atoms with van der Waals surface area (Å²) >= 11 is 5.86. The van der Waals surface area contributed by atoms with E-state index in [0.29, 0.717) is 0 Å². The van der Waals surface area contributed by atoms with Crippen LogP contribution in [0.4, 0.5) is 5.82 Å². The highest BCUT2D eigenvalue weighted by molar-refractivity contribution is 6.30. The summed E-state index contributed by atoms with van der Waals surface area (Å²) in [6.07, 6.45) is 0. The zero-order valence-electron chi connectivity index (χ0n) is 10.3. The van der Waals surface area contributed by atoms with Crippen LogP contribution in [0.5, 0.6) is 0 Å². The van der Waals surface area contributed by atoms with Gasteiger partial charge in [-0.1, -0.05) is 41.9 Å². The van der Waals surface area contributed by atoms with Gasteiger partial charge in [-0.25, -0.2) is 4.98 Å². The molecule has 0 spiro atoms. The first kappa shape index (κ1) is 12.0. The molecular weight excluding hydrogens is 256 g/mol. The predicted octanol–water partition coefficient (Wildman–Crippen LogP) is 4.50. The monoisotopic (exact) mass is 268 g/mol. The first-order chi connectivity index (χ1) is 9.31. The van der Waals surface area contributed by atoms with Gasteiger partial charge in [0.25, 0.3) is 0 Å². The van der Waals surface area contributed by atoms with E-state index in [1.807, 2.05) is 48.5 Å². The van der Waals surface area contributed by atoms with Crippen LogP contribution >= 0.6 is 11.6 Å². The summed E-state index contributed by atoms with van der Waals surface area (Å²) in [6, 6.07) is 20.0. The van der Waals surface area contributed by atoms with E-state index in [9.17, 15) is 0 Å². The smallest absolute Gasteiger partial charge is 0.126 e. The molecule has 94 valence electrons. The van der Waals surface area contributed by atoms with E-state index in [2.05, 4.69) is 22.4 Å². The van der Waals surface area contributed by atoms with Gasteiger partial charge in [-0.15, -0.1) is 0 Å². The molecule has 0 saturated carbocycles. The second-order valence-corrected chi connectivity index (χ2v) is 4.81. The van der Waals surface area contributed by atoms with Crippen LogP contribution in [0.25, 0.3) is 10.9 Å². The van der Waals surface area contributed by atoms with Crippen LogP contribution in [0.1, 0.15) is 5.56 Å². The summed E-state index contributed by atoms with van der Waals surface area (Å²) in [5.74, 6) is 0.883. The third-order valence-electron chi connectivity index (χ3n) is 2.99. The Morgan fingerprint density at radius 1 is 0.895 bits per heavy atom. The number of benzene rings is 2. The molecule has 1 heterocycles. The molecular formula is C16H13ClN2. The largest absolute Gasteiger partial charge is 0.366 e. The van der Waals surface area contributed by atoms with Gasteiger partial charge < -0.3 is 5.32 Å². The Balaban J connectivity index is 1.76. The molecule has 3 rings (SSSR count). The molecule has 0 radical (unpaired) electrons. The normalized spacial score (nSPS) is 10.6. The van der Waals surface area contributed by atoms with E-state index in [1.54, 1.807) is 0 Å². The fraction of sp³-hybridized carbons (Fsp3) is 0.0625. The zero-order valence-corrected chi connectivity index (χ0v) is 11.1. The Labute approximate surface area is 117 Å². The van der Waals surface area contributed by atoms with Crippen molar-refractivity contribution in [3.05, 3.63) is 71.2 Å². The van der Waals surface area contributed by atoms with Crippen molar-refractivity contribution in [2.75, 3.05) is 5.32 Å². The Bertz CT molecular complexity index is 692. The minimum absolute atomic E-state index is 0.739. The number of fused-ring (bicyclic) bond motifs is 1. The van der Waals surface area contributed by atoms with Gasteiger partial charge in [0.15, 0.2) is 0 Å². The fourth-order valence-corrected chi connectivity index (χ4v) is 2.09. The number of para-hydroxylation sites is 1. The Morgan fingerprint density at radius 3 is 2.53 bits per heavy atom. The summed E-state index contributed by atoms with van der Waals surface area (Å²) in [7, 11) is 0. The number of anilines is 1. The van der Waals surface area contributed by atoms with E-state index in [-0.39, 0.29) is 0 Å². The van der Waals surface area contributed by atoms with Crippen LogP contribution in [-0.2, 0) is 6.54 Å². The molecule has 2 aromatic carbocycles. The Hall–Kier alpha value is -2.06. The van der Waals surface area contributed by atoms with E-state index >= 15 is 0 Å². The van der Waals surface area contributed by atoms with Gasteiger partial charge in [0.1, 0.15) is 5.82 Å². The molecule has 1 N–H and O–H groups in total. The topological polar surface area (TPSA) is 24.9 Å². The Morgan fingerprint density at radius 2 is 1.68 bits per heavy atom. The molecule has 0 aliphatic heterocycles. The maximum Gasteiger partial charge on any atom is 0.126 e. The Kier molecular flexibility index (Phi) is 3.34. The van der Waals surface area contributed by atoms with E-state index in [1.165, 1.54) is 5.56 Å². The van der Waals surface area contributed by atoms with Gasteiger partial charge >= 0.3 is 0 Å². The average molecular weight is 269 g/mol. The molecule has 3 aromatic rings. The molecule has 0 unspecified atom stereocenters. The van der Waals surface area contributed by atoms with Crippen molar-refractivity contribution in [1.29, 1.82) is 0 Å². The minimum atomic E-state index is 0.739. The van der Waals surface area contributed by atoms with Crippen molar-refractivity contribution in [2.24, 2.45) is 0 Å². The number of aromatic nitrogens is 1. The summed E-state index contributed by atoms with van der Waals surface area (Å²) in [4.78, 5) is 4.57. The number of rotatable bonds is 3. The van der Waals surface area contributed by atoms with E-state index < -0.39 is 0 Å². The van der Waals surface area contributed by atoms with Crippen molar-refractivity contribution < 1.29 is 0 Å². The predicted molar refractivity (Wildman–Crippen MR) is 80.5 cm³/mol. The van der Waals surface area contributed by atoms with Crippen molar-refractivity contribution in [1.82, 2.24) is 4.98 Å². The molecule has 0 aliphatic rings. The lowest BCUT2D eigenvalue weighted by Gasteiger charge is -2.07. The maximum atomic E-state index is 5.86. The third kappa shape index (κ3) is 2.85. The number of hydrogen-bond acceptors (Lipinski definition) is 2. The second kappa shape index (κ2) is 5.29. The molecule has 2 nitrogen and oxygen atoms in total. The number of halogens is 1. The third-order valence-corrected chi connectivity index (χ3v) is 3.24. The lowest BCUT2D eigenvalue weighted by Crippen LogP contribution is -2.01. The van der Waals surface area contributed by atoms with Gasteiger partial charge in [-0.2, -0.15) is 0 Å². The van der Waals surface area contributed by atoms with Crippen molar-refractivity contribution in [2.45, 2.75) is 6.54 Å². The summed E-state index contributed by atoms with van der Waals surface area (Å²) in [6.45, 7) is 0.739. The molecule has 3 heteroatoms. The number of pyridine rings is 1. The molecule has 0 saturated heterocycles. The zero-order chi connectivity index (χ0) is 13.1.